The van der Waals surface area contributed by atoms with Crippen molar-refractivity contribution in [1.82, 2.24) is 33.4 Å². The van der Waals surface area contributed by atoms with Crippen LogP contribution in [0.4, 0.5) is 13.2 Å². The molecule has 0 aliphatic rings. The molecule has 1 amide bonds. The third-order valence-electron chi connectivity index (χ3n) is 5.35. The first-order chi connectivity index (χ1) is 16.8. The number of aromatic nitrogens is 6. The van der Waals surface area contributed by atoms with E-state index in [2.05, 4.69) is 24.1 Å². The Morgan fingerprint density at radius 3 is 2.74 bits per heavy atom. The van der Waals surface area contributed by atoms with Crippen LogP contribution in [0.3, 0.4) is 0 Å². The zero-order valence-electron chi connectivity index (χ0n) is 17.9. The second kappa shape index (κ2) is 8.91. The normalized spacial score (nSPS) is 11.9. The number of alkyl halides is 3. The fourth-order valence-electron chi connectivity index (χ4n) is 3.62. The molecular weight excluding hydrogens is 483 g/mol. The average Bonchev–Trinajstić information content (AvgIpc) is 3.47. The first-order valence-electron chi connectivity index (χ1n) is 10.4. The fourth-order valence-corrected chi connectivity index (χ4v) is 4.13. The first-order valence-corrected chi connectivity index (χ1v) is 11.1. The highest BCUT2D eigenvalue weighted by atomic mass is 32.1. The van der Waals surface area contributed by atoms with Gasteiger partial charge >= 0.3 is 6.18 Å². The zero-order chi connectivity index (χ0) is 24.6. The summed E-state index contributed by atoms with van der Waals surface area (Å²) in [6.07, 6.45) is -1.83. The largest absolute Gasteiger partial charge is 0.416 e. The molecule has 35 heavy (non-hydrogen) atoms. The van der Waals surface area contributed by atoms with Gasteiger partial charge in [0.2, 0.25) is 0 Å². The summed E-state index contributed by atoms with van der Waals surface area (Å²) < 4.78 is 49.9. The van der Waals surface area contributed by atoms with Crippen molar-refractivity contribution in [1.29, 1.82) is 0 Å². The van der Waals surface area contributed by atoms with Crippen LogP contribution in [0.5, 0.6) is 0 Å². The summed E-state index contributed by atoms with van der Waals surface area (Å²) in [7, 11) is 0. The van der Waals surface area contributed by atoms with Gasteiger partial charge in [0.15, 0.2) is 5.65 Å². The van der Waals surface area contributed by atoms with Crippen LogP contribution in [0.2, 0.25) is 0 Å². The van der Waals surface area contributed by atoms with Gasteiger partial charge in [-0.25, -0.2) is 9.67 Å². The van der Waals surface area contributed by atoms with E-state index in [4.69, 9.17) is 0 Å². The minimum Gasteiger partial charge on any atom is -0.350 e. The molecule has 5 aromatic rings. The van der Waals surface area contributed by atoms with Gasteiger partial charge in [-0.1, -0.05) is 12.1 Å². The Hall–Kier alpha value is -4.13. The number of fused-ring (bicyclic) bond motifs is 2. The predicted molar refractivity (Wildman–Crippen MR) is 122 cm³/mol. The van der Waals surface area contributed by atoms with E-state index in [1.807, 2.05) is 0 Å². The second-order valence-corrected chi connectivity index (χ2v) is 8.23. The molecule has 0 saturated heterocycles. The number of benzene rings is 2. The molecule has 5 rings (SSSR count). The Morgan fingerprint density at radius 1 is 1.09 bits per heavy atom. The predicted octanol–water partition coefficient (Wildman–Crippen LogP) is 3.09. The standard InChI is InChI=1S/C22H16F3N7O2S/c23-22(24,25)15-3-1-2-13(8-15)11-31-12-27-19-16(21(31)34)10-28-32(19)7-6-26-20(33)14-4-5-17-18(9-14)30-35-29-17/h1-5,8-10,12H,6-7,11H2,(H,26,33). The molecule has 0 spiro atoms. The molecule has 0 fully saturated rings. The summed E-state index contributed by atoms with van der Waals surface area (Å²) in [6.45, 7) is 0.434. The molecule has 3 heterocycles. The lowest BCUT2D eigenvalue weighted by Gasteiger charge is -2.10. The molecule has 0 radical (unpaired) electrons. The van der Waals surface area contributed by atoms with Crippen LogP contribution in [-0.2, 0) is 19.3 Å². The summed E-state index contributed by atoms with van der Waals surface area (Å²) in [5.41, 5.74) is 1.25. The third kappa shape index (κ3) is 4.62. The van der Waals surface area contributed by atoms with Gasteiger partial charge in [0, 0.05) is 12.1 Å². The maximum atomic E-state index is 13.0. The summed E-state index contributed by atoms with van der Waals surface area (Å²) in [5, 5.41) is 7.19. The van der Waals surface area contributed by atoms with Gasteiger partial charge in [-0.05, 0) is 35.9 Å². The number of carbonyl (C=O) groups is 1. The van der Waals surface area contributed by atoms with E-state index >= 15 is 0 Å². The van der Waals surface area contributed by atoms with Crippen LogP contribution in [0, 0.1) is 0 Å². The number of hydrogen-bond acceptors (Lipinski definition) is 7. The highest BCUT2D eigenvalue weighted by molar-refractivity contribution is 7.00. The van der Waals surface area contributed by atoms with E-state index in [-0.39, 0.29) is 30.9 Å². The molecule has 0 aliphatic heterocycles. The van der Waals surface area contributed by atoms with Crippen molar-refractivity contribution < 1.29 is 18.0 Å². The Bertz CT molecular complexity index is 1610. The lowest BCUT2D eigenvalue weighted by Crippen LogP contribution is -2.27. The monoisotopic (exact) mass is 499 g/mol. The Labute approximate surface area is 199 Å². The van der Waals surface area contributed by atoms with Gasteiger partial charge in [0.1, 0.15) is 22.7 Å². The maximum Gasteiger partial charge on any atom is 0.416 e. The fraction of sp³-hybridized carbons (Fsp3) is 0.182. The summed E-state index contributed by atoms with van der Waals surface area (Å²) in [6, 6.07) is 9.84. The highest BCUT2D eigenvalue weighted by Gasteiger charge is 2.30. The van der Waals surface area contributed by atoms with E-state index in [1.165, 1.54) is 33.9 Å². The molecule has 0 atom stereocenters. The van der Waals surface area contributed by atoms with Crippen molar-refractivity contribution in [3.63, 3.8) is 0 Å². The lowest BCUT2D eigenvalue weighted by molar-refractivity contribution is -0.137. The first kappa shape index (κ1) is 22.7. The number of amides is 1. The van der Waals surface area contributed by atoms with Gasteiger partial charge in [-0.2, -0.15) is 27.0 Å². The van der Waals surface area contributed by atoms with Crippen LogP contribution >= 0.6 is 11.7 Å². The number of nitrogens with one attached hydrogen (secondary N) is 1. The molecule has 1 N–H and O–H groups in total. The lowest BCUT2D eigenvalue weighted by atomic mass is 10.1. The van der Waals surface area contributed by atoms with E-state index in [1.54, 1.807) is 18.2 Å². The van der Waals surface area contributed by atoms with Crippen molar-refractivity contribution in [3.05, 3.63) is 82.0 Å². The topological polar surface area (TPSA) is 108 Å². The van der Waals surface area contributed by atoms with Crippen LogP contribution in [0.1, 0.15) is 21.5 Å². The summed E-state index contributed by atoms with van der Waals surface area (Å²) in [4.78, 5) is 29.6. The van der Waals surface area contributed by atoms with Crippen LogP contribution in [0.15, 0.2) is 59.8 Å². The maximum absolute atomic E-state index is 13.0. The van der Waals surface area contributed by atoms with E-state index in [0.29, 0.717) is 22.3 Å². The molecule has 2 aromatic carbocycles. The molecular formula is C22H16F3N7O2S. The van der Waals surface area contributed by atoms with E-state index < -0.39 is 17.3 Å². The summed E-state index contributed by atoms with van der Waals surface area (Å²) in [5.74, 6) is -0.284. The molecule has 0 aliphatic carbocycles. The van der Waals surface area contributed by atoms with Crippen LogP contribution < -0.4 is 10.9 Å². The summed E-state index contributed by atoms with van der Waals surface area (Å²) >= 11 is 1.07. The molecule has 178 valence electrons. The molecule has 0 unspecified atom stereocenters. The van der Waals surface area contributed by atoms with Gasteiger partial charge in [-0.3, -0.25) is 14.2 Å². The second-order valence-electron chi connectivity index (χ2n) is 7.70. The SMILES string of the molecule is O=C(NCCn1ncc2c(=O)n(Cc3cccc(C(F)(F)F)c3)cnc21)c1ccc2nsnc2c1. The molecule has 13 heteroatoms. The van der Waals surface area contributed by atoms with E-state index in [9.17, 15) is 22.8 Å². The number of halogens is 3. The highest BCUT2D eigenvalue weighted by Crippen LogP contribution is 2.29. The minimum absolute atomic E-state index is 0.0637. The quantitative estimate of drug-likeness (QED) is 0.385. The van der Waals surface area contributed by atoms with Crippen molar-refractivity contribution in [2.24, 2.45) is 0 Å². The van der Waals surface area contributed by atoms with E-state index in [0.717, 1.165) is 29.4 Å². The number of rotatable bonds is 6. The molecule has 3 aromatic heterocycles. The van der Waals surface area contributed by atoms with Crippen molar-refractivity contribution >= 4 is 39.7 Å². The van der Waals surface area contributed by atoms with Crippen LogP contribution in [-0.4, -0.2) is 40.5 Å². The third-order valence-corrected chi connectivity index (χ3v) is 5.91. The Kier molecular flexibility index (Phi) is 5.76. The van der Waals surface area contributed by atoms with Gasteiger partial charge in [0.25, 0.3) is 11.5 Å². The number of nitrogens with zero attached hydrogens (tertiary/aromatic N) is 6. The van der Waals surface area contributed by atoms with Crippen molar-refractivity contribution in [2.45, 2.75) is 19.3 Å². The number of hydrogen-bond donors (Lipinski definition) is 1. The zero-order valence-corrected chi connectivity index (χ0v) is 18.7. The Morgan fingerprint density at radius 2 is 1.91 bits per heavy atom. The smallest absolute Gasteiger partial charge is 0.350 e. The molecule has 0 bridgehead atoms. The average molecular weight is 499 g/mol. The van der Waals surface area contributed by atoms with Gasteiger partial charge in [0.05, 0.1) is 36.6 Å². The minimum atomic E-state index is -4.47. The van der Waals surface area contributed by atoms with Gasteiger partial charge in [-0.15, -0.1) is 0 Å². The molecule has 0 saturated carbocycles. The number of carbonyl (C=O) groups excluding carboxylic acids is 1. The molecule has 9 nitrogen and oxygen atoms in total. The van der Waals surface area contributed by atoms with Crippen LogP contribution in [0.25, 0.3) is 22.1 Å². The van der Waals surface area contributed by atoms with Crippen molar-refractivity contribution in [2.75, 3.05) is 6.54 Å². The Balaban J connectivity index is 1.28. The van der Waals surface area contributed by atoms with Crippen molar-refractivity contribution in [3.8, 4) is 0 Å². The van der Waals surface area contributed by atoms with Gasteiger partial charge < -0.3 is 5.32 Å².